The Balaban J connectivity index is 1.15. The Morgan fingerprint density at radius 3 is 2.05 bits per heavy atom. The molecular formula is C31H39FN4O3. The number of rotatable bonds is 3. The molecule has 2 amide bonds. The number of nitrogens with zero attached hydrogens (tertiary/aromatic N) is 3. The Bertz CT molecular complexity index is 1260. The van der Waals surface area contributed by atoms with Gasteiger partial charge in [0.2, 0.25) is 0 Å². The summed E-state index contributed by atoms with van der Waals surface area (Å²) in [5.74, 6) is -1.16. The van der Waals surface area contributed by atoms with Crippen LogP contribution in [-0.2, 0) is 4.79 Å². The summed E-state index contributed by atoms with van der Waals surface area (Å²) in [6, 6.07) is 11.1. The molecule has 2 aliphatic carbocycles. The number of piperazine rings is 1. The van der Waals surface area contributed by atoms with Gasteiger partial charge in [0.05, 0.1) is 16.9 Å². The maximum absolute atomic E-state index is 15.3. The molecule has 0 unspecified atom stereocenters. The van der Waals surface area contributed by atoms with Crippen LogP contribution in [0, 0.1) is 5.82 Å². The van der Waals surface area contributed by atoms with Crippen LogP contribution >= 0.6 is 0 Å². The van der Waals surface area contributed by atoms with Crippen molar-refractivity contribution in [1.29, 1.82) is 0 Å². The summed E-state index contributed by atoms with van der Waals surface area (Å²) in [6.07, 6.45) is 10.9. The third kappa shape index (κ3) is 4.88. The van der Waals surface area contributed by atoms with Gasteiger partial charge in [-0.15, -0.1) is 0 Å². The van der Waals surface area contributed by atoms with Crippen molar-refractivity contribution in [3.8, 4) is 11.1 Å². The fraction of sp³-hybridized carbons (Fsp3) is 0.548. The Kier molecular flexibility index (Phi) is 6.78. The van der Waals surface area contributed by atoms with E-state index in [4.69, 9.17) is 0 Å². The first kappa shape index (κ1) is 26.1. The van der Waals surface area contributed by atoms with Crippen molar-refractivity contribution in [3.05, 3.63) is 47.8 Å². The number of halogens is 1. The van der Waals surface area contributed by atoms with Gasteiger partial charge >= 0.3 is 0 Å². The zero-order valence-electron chi connectivity index (χ0n) is 22.8. The molecule has 2 aliphatic heterocycles. The third-order valence-electron chi connectivity index (χ3n) is 9.31. The van der Waals surface area contributed by atoms with Gasteiger partial charge in [-0.25, -0.2) is 4.39 Å². The minimum atomic E-state index is -1.20. The second kappa shape index (κ2) is 10.1. The zero-order valence-corrected chi connectivity index (χ0v) is 22.8. The number of hydrogen-bond acceptors (Lipinski definition) is 5. The lowest BCUT2D eigenvalue weighted by molar-refractivity contribution is -0.143. The molecule has 4 aliphatic rings. The predicted octanol–water partition coefficient (Wildman–Crippen LogP) is 4.99. The van der Waals surface area contributed by atoms with Crippen molar-refractivity contribution >= 4 is 23.2 Å². The van der Waals surface area contributed by atoms with Gasteiger partial charge in [-0.2, -0.15) is 0 Å². The predicted molar refractivity (Wildman–Crippen MR) is 150 cm³/mol. The van der Waals surface area contributed by atoms with Crippen LogP contribution < -0.4 is 10.2 Å². The number of nitrogens with one attached hydrogen (secondary N) is 1. The van der Waals surface area contributed by atoms with Crippen molar-refractivity contribution in [2.24, 2.45) is 0 Å². The molecular weight excluding hydrogens is 495 g/mol. The highest BCUT2D eigenvalue weighted by molar-refractivity contribution is 5.95. The zero-order chi connectivity index (χ0) is 27.2. The number of anilines is 2. The van der Waals surface area contributed by atoms with Gasteiger partial charge in [0.1, 0.15) is 17.1 Å². The Morgan fingerprint density at radius 1 is 0.821 bits per heavy atom. The van der Waals surface area contributed by atoms with Crippen molar-refractivity contribution < 1.29 is 19.1 Å². The quantitative estimate of drug-likeness (QED) is 0.580. The van der Waals surface area contributed by atoms with E-state index in [0.29, 0.717) is 39.0 Å². The molecule has 8 heteroatoms. The third-order valence-corrected chi connectivity index (χ3v) is 9.31. The lowest BCUT2D eigenvalue weighted by Gasteiger charge is -2.38. The Labute approximate surface area is 230 Å². The van der Waals surface area contributed by atoms with Gasteiger partial charge in [-0.05, 0) is 73.9 Å². The minimum absolute atomic E-state index is 0.0444. The molecule has 2 aromatic rings. The van der Waals surface area contributed by atoms with E-state index >= 15 is 4.39 Å². The van der Waals surface area contributed by atoms with Crippen LogP contribution in [0.5, 0.6) is 0 Å². The number of benzene rings is 2. The minimum Gasteiger partial charge on any atom is -0.380 e. The number of amides is 2. The lowest BCUT2D eigenvalue weighted by Crippen LogP contribution is -2.53. The van der Waals surface area contributed by atoms with E-state index in [1.165, 1.54) is 50.3 Å². The van der Waals surface area contributed by atoms with Crippen LogP contribution in [0.2, 0.25) is 0 Å². The van der Waals surface area contributed by atoms with E-state index in [-0.39, 0.29) is 23.0 Å². The largest absolute Gasteiger partial charge is 0.380 e. The summed E-state index contributed by atoms with van der Waals surface area (Å²) in [5, 5.41) is 13.9. The molecule has 208 valence electrons. The molecule has 2 heterocycles. The van der Waals surface area contributed by atoms with E-state index in [2.05, 4.69) is 29.4 Å². The fourth-order valence-corrected chi connectivity index (χ4v) is 6.58. The lowest BCUT2D eigenvalue weighted by atomic mass is 9.96. The van der Waals surface area contributed by atoms with Crippen molar-refractivity contribution in [1.82, 2.24) is 9.80 Å². The molecule has 2 aromatic carbocycles. The van der Waals surface area contributed by atoms with Gasteiger partial charge in [-0.1, -0.05) is 37.8 Å². The van der Waals surface area contributed by atoms with Crippen molar-refractivity contribution in [2.45, 2.75) is 75.5 Å². The number of carbonyl (C=O) groups is 2. The normalized spacial score (nSPS) is 22.0. The molecule has 0 atom stereocenters. The second-order valence-electron chi connectivity index (χ2n) is 11.9. The molecule has 2 saturated carbocycles. The van der Waals surface area contributed by atoms with E-state index < -0.39 is 11.4 Å². The van der Waals surface area contributed by atoms with Crippen LogP contribution in [0.25, 0.3) is 11.1 Å². The van der Waals surface area contributed by atoms with E-state index in [0.717, 1.165) is 29.7 Å². The second-order valence-corrected chi connectivity index (χ2v) is 11.9. The summed E-state index contributed by atoms with van der Waals surface area (Å²) >= 11 is 0. The smallest absolute Gasteiger partial charge is 0.256 e. The van der Waals surface area contributed by atoms with E-state index in [1.807, 2.05) is 12.1 Å². The molecule has 0 aromatic heterocycles. The summed E-state index contributed by atoms with van der Waals surface area (Å²) < 4.78 is 15.3. The van der Waals surface area contributed by atoms with Crippen LogP contribution in [-0.4, -0.2) is 71.2 Å². The average molecular weight is 535 g/mol. The van der Waals surface area contributed by atoms with E-state index in [9.17, 15) is 14.7 Å². The Morgan fingerprint density at radius 2 is 1.41 bits per heavy atom. The van der Waals surface area contributed by atoms with Crippen LogP contribution in [0.3, 0.4) is 0 Å². The molecule has 6 rings (SSSR count). The van der Waals surface area contributed by atoms with Crippen LogP contribution in [0.1, 0.15) is 74.6 Å². The summed E-state index contributed by atoms with van der Waals surface area (Å²) in [5.41, 5.74) is 2.69. The first-order valence-electron chi connectivity index (χ1n) is 14.6. The SMILES string of the molecule is CN1c2ccc(-c3ccc(C(=O)N4CCN(C(=O)C5(O)CC5)CC4)c(F)c3)cc2NC12CCCCCCCC2. The monoisotopic (exact) mass is 534 g/mol. The van der Waals surface area contributed by atoms with Crippen molar-refractivity contribution in [3.63, 3.8) is 0 Å². The average Bonchev–Trinajstić information content (AvgIpc) is 3.61. The van der Waals surface area contributed by atoms with Gasteiger partial charge in [0, 0.05) is 33.2 Å². The molecule has 2 N–H and O–H groups in total. The van der Waals surface area contributed by atoms with Gasteiger partial charge in [0.15, 0.2) is 0 Å². The summed E-state index contributed by atoms with van der Waals surface area (Å²) in [7, 11) is 2.18. The molecule has 0 radical (unpaired) electrons. The highest BCUT2D eigenvalue weighted by Crippen LogP contribution is 2.46. The first-order valence-corrected chi connectivity index (χ1v) is 14.6. The molecule has 0 bridgehead atoms. The standard InChI is InChI=1S/C31H39FN4O3/c1-34-27-11-9-23(21-26(27)33-31(34)12-6-4-2-3-5-7-13-31)22-8-10-24(25(32)20-22)28(37)35-16-18-36(19-17-35)29(38)30(39)14-15-30/h8-11,20-21,33,39H,2-7,12-19H2,1H3. The van der Waals surface area contributed by atoms with Crippen molar-refractivity contribution in [2.75, 3.05) is 43.4 Å². The van der Waals surface area contributed by atoms with E-state index in [1.54, 1.807) is 15.9 Å². The number of fused-ring (bicyclic) bond motifs is 1. The molecule has 7 nitrogen and oxygen atoms in total. The maximum atomic E-state index is 15.3. The van der Waals surface area contributed by atoms with Crippen LogP contribution in [0.4, 0.5) is 15.8 Å². The highest BCUT2D eigenvalue weighted by atomic mass is 19.1. The number of carbonyl (C=O) groups excluding carboxylic acids is 2. The topological polar surface area (TPSA) is 76.1 Å². The van der Waals surface area contributed by atoms with Gasteiger partial charge in [0.25, 0.3) is 11.8 Å². The van der Waals surface area contributed by atoms with Gasteiger partial charge < -0.3 is 25.1 Å². The molecule has 1 spiro atoms. The number of aliphatic hydroxyl groups is 1. The first-order chi connectivity index (χ1) is 18.8. The molecule has 39 heavy (non-hydrogen) atoms. The highest BCUT2D eigenvalue weighted by Gasteiger charge is 2.50. The summed E-state index contributed by atoms with van der Waals surface area (Å²) in [4.78, 5) is 31.1. The van der Waals surface area contributed by atoms with Crippen LogP contribution in [0.15, 0.2) is 36.4 Å². The molecule has 3 fully saturated rings. The molecule has 1 saturated heterocycles. The summed E-state index contributed by atoms with van der Waals surface area (Å²) in [6.45, 7) is 1.36. The van der Waals surface area contributed by atoms with Gasteiger partial charge in [-0.3, -0.25) is 9.59 Å². The Hall–Kier alpha value is -3.13. The number of hydrogen-bond donors (Lipinski definition) is 2. The fourth-order valence-electron chi connectivity index (χ4n) is 6.58. The maximum Gasteiger partial charge on any atom is 0.256 e.